The van der Waals surface area contributed by atoms with Gasteiger partial charge in [-0.1, -0.05) is 0 Å². The van der Waals surface area contributed by atoms with Crippen LogP contribution < -0.4 is 5.32 Å². The summed E-state index contributed by atoms with van der Waals surface area (Å²) in [5, 5.41) is 3.17. The van der Waals surface area contributed by atoms with Crippen molar-refractivity contribution in [3.8, 4) is 10.7 Å². The molecule has 1 fully saturated rings. The zero-order chi connectivity index (χ0) is 13.6. The van der Waals surface area contributed by atoms with E-state index in [1.807, 2.05) is 7.05 Å². The van der Waals surface area contributed by atoms with Crippen LogP contribution in [-0.4, -0.2) is 17.0 Å². The molecule has 2 aromatic rings. The Morgan fingerprint density at radius 3 is 2.63 bits per heavy atom. The molecule has 0 saturated heterocycles. The number of hydrogen-bond acceptors (Lipinski definition) is 4. The van der Waals surface area contributed by atoms with Crippen molar-refractivity contribution in [1.82, 2.24) is 9.97 Å². The van der Waals surface area contributed by atoms with Crippen LogP contribution in [0.25, 0.3) is 10.7 Å². The summed E-state index contributed by atoms with van der Waals surface area (Å²) in [5.74, 6) is 2.35. The normalized spacial score (nSPS) is 14.7. The molecule has 1 saturated carbocycles. The summed E-state index contributed by atoms with van der Waals surface area (Å²) < 4.78 is 3.28. The van der Waals surface area contributed by atoms with E-state index in [0.29, 0.717) is 5.92 Å². The molecule has 0 aromatic carbocycles. The molecule has 100 valence electrons. The predicted octanol–water partition coefficient (Wildman–Crippen LogP) is 5.25. The molecular weight excluding hydrogens is 505 g/mol. The van der Waals surface area contributed by atoms with Crippen molar-refractivity contribution < 1.29 is 0 Å². The summed E-state index contributed by atoms with van der Waals surface area (Å²) in [6, 6.07) is 2.06. The number of rotatable bonds is 3. The van der Waals surface area contributed by atoms with Gasteiger partial charge in [-0.15, -0.1) is 11.3 Å². The van der Waals surface area contributed by atoms with Crippen molar-refractivity contribution in [2.45, 2.75) is 18.8 Å². The van der Waals surface area contributed by atoms with Gasteiger partial charge in [-0.3, -0.25) is 0 Å². The largest absolute Gasteiger partial charge is 0.372 e. The van der Waals surface area contributed by atoms with Gasteiger partial charge in [0.1, 0.15) is 5.82 Å². The van der Waals surface area contributed by atoms with Gasteiger partial charge in [0.25, 0.3) is 0 Å². The lowest BCUT2D eigenvalue weighted by Crippen LogP contribution is -2.04. The van der Waals surface area contributed by atoms with E-state index >= 15 is 0 Å². The van der Waals surface area contributed by atoms with Gasteiger partial charge in [0, 0.05) is 17.4 Å². The number of nitrogens with zero attached hydrogens (tertiary/aromatic N) is 2. The van der Waals surface area contributed by atoms with Crippen molar-refractivity contribution in [3.63, 3.8) is 0 Å². The van der Waals surface area contributed by atoms with Crippen LogP contribution in [0.4, 0.5) is 5.82 Å². The molecular formula is C12H10Br2IN3S. The van der Waals surface area contributed by atoms with Gasteiger partial charge in [0.15, 0.2) is 5.82 Å². The molecule has 3 rings (SSSR count). The fourth-order valence-corrected chi connectivity index (χ4v) is 4.75. The van der Waals surface area contributed by atoms with Gasteiger partial charge >= 0.3 is 0 Å². The molecule has 1 N–H and O–H groups in total. The summed E-state index contributed by atoms with van der Waals surface area (Å²) in [7, 11) is 1.91. The van der Waals surface area contributed by atoms with E-state index in [0.717, 1.165) is 28.3 Å². The summed E-state index contributed by atoms with van der Waals surface area (Å²) in [6.07, 6.45) is 2.49. The van der Waals surface area contributed by atoms with Crippen molar-refractivity contribution in [2.24, 2.45) is 0 Å². The number of halogens is 3. The van der Waals surface area contributed by atoms with Gasteiger partial charge in [0.05, 0.1) is 17.9 Å². The lowest BCUT2D eigenvalue weighted by Gasteiger charge is -2.09. The minimum Gasteiger partial charge on any atom is -0.372 e. The molecule has 2 aromatic heterocycles. The molecule has 3 nitrogen and oxygen atoms in total. The van der Waals surface area contributed by atoms with E-state index < -0.39 is 0 Å². The van der Waals surface area contributed by atoms with Crippen LogP contribution in [0, 0.1) is 3.57 Å². The Morgan fingerprint density at radius 1 is 1.37 bits per heavy atom. The molecule has 19 heavy (non-hydrogen) atoms. The van der Waals surface area contributed by atoms with E-state index in [2.05, 4.69) is 70.8 Å². The number of anilines is 1. The fraction of sp³-hybridized carbons (Fsp3) is 0.333. The number of hydrogen-bond donors (Lipinski definition) is 1. The van der Waals surface area contributed by atoms with Gasteiger partial charge in [-0.2, -0.15) is 0 Å². The molecule has 0 aliphatic heterocycles. The van der Waals surface area contributed by atoms with Crippen LogP contribution >= 0.6 is 65.8 Å². The Labute approximate surface area is 146 Å². The summed E-state index contributed by atoms with van der Waals surface area (Å²) >= 11 is 11.0. The Morgan fingerprint density at radius 2 is 2.11 bits per heavy atom. The summed E-state index contributed by atoms with van der Waals surface area (Å²) in [5.41, 5.74) is 1.19. The molecule has 0 unspecified atom stereocenters. The van der Waals surface area contributed by atoms with Crippen LogP contribution in [0.3, 0.4) is 0 Å². The maximum absolute atomic E-state index is 4.78. The lowest BCUT2D eigenvalue weighted by molar-refractivity contribution is 0.981. The van der Waals surface area contributed by atoms with Crippen LogP contribution in [-0.2, 0) is 0 Å². The highest BCUT2D eigenvalue weighted by Gasteiger charge is 2.29. The van der Waals surface area contributed by atoms with Crippen molar-refractivity contribution >= 4 is 71.6 Å². The third-order valence-corrected chi connectivity index (χ3v) is 7.26. The standard InChI is InChI=1S/C12H10Br2IN3S/c1-16-12-8(15)9(5-2-3-5)17-11(18-12)7-4-6(13)10(14)19-7/h4-5H,2-3H2,1H3,(H,16,17,18). The molecule has 7 heteroatoms. The molecule has 0 amide bonds. The zero-order valence-electron chi connectivity index (χ0n) is 10.0. The molecule has 0 radical (unpaired) electrons. The number of nitrogens with one attached hydrogen (secondary N) is 1. The highest BCUT2D eigenvalue weighted by atomic mass is 127. The van der Waals surface area contributed by atoms with Crippen molar-refractivity contribution in [1.29, 1.82) is 0 Å². The SMILES string of the molecule is CNc1nc(-c2cc(Br)c(Br)s2)nc(C2CC2)c1I. The molecule has 1 aliphatic rings. The maximum atomic E-state index is 4.78. The van der Waals surface area contributed by atoms with Gasteiger partial charge in [-0.05, 0) is 73.4 Å². The topological polar surface area (TPSA) is 37.8 Å². The Bertz CT molecular complexity index is 621. The first kappa shape index (κ1) is 14.2. The summed E-state index contributed by atoms with van der Waals surface area (Å²) in [4.78, 5) is 10.5. The maximum Gasteiger partial charge on any atom is 0.172 e. The fourth-order valence-electron chi connectivity index (χ4n) is 1.82. The van der Waals surface area contributed by atoms with Crippen LogP contribution in [0.1, 0.15) is 24.5 Å². The first-order valence-corrected chi connectivity index (χ1v) is 9.28. The number of aromatic nitrogens is 2. The van der Waals surface area contributed by atoms with Crippen LogP contribution in [0.5, 0.6) is 0 Å². The second kappa shape index (κ2) is 5.57. The molecule has 0 atom stereocenters. The van der Waals surface area contributed by atoms with Crippen molar-refractivity contribution in [3.05, 3.63) is 23.6 Å². The van der Waals surface area contributed by atoms with Gasteiger partial charge < -0.3 is 5.32 Å². The second-order valence-corrected chi connectivity index (χ2v) is 8.65. The third kappa shape index (κ3) is 2.84. The van der Waals surface area contributed by atoms with E-state index in [1.165, 1.54) is 18.5 Å². The molecule has 0 bridgehead atoms. The first-order chi connectivity index (χ1) is 9.10. The zero-order valence-corrected chi connectivity index (χ0v) is 16.2. The molecule has 1 aliphatic carbocycles. The average molecular weight is 515 g/mol. The summed E-state index contributed by atoms with van der Waals surface area (Å²) in [6.45, 7) is 0. The average Bonchev–Trinajstić information content (AvgIpc) is 3.17. The van der Waals surface area contributed by atoms with Gasteiger partial charge in [0.2, 0.25) is 0 Å². The van der Waals surface area contributed by atoms with Crippen LogP contribution in [0.15, 0.2) is 14.3 Å². The van der Waals surface area contributed by atoms with Gasteiger partial charge in [-0.25, -0.2) is 9.97 Å². The predicted molar refractivity (Wildman–Crippen MR) is 95.0 cm³/mol. The van der Waals surface area contributed by atoms with Crippen LogP contribution in [0.2, 0.25) is 0 Å². The quantitative estimate of drug-likeness (QED) is 0.568. The highest BCUT2D eigenvalue weighted by molar-refractivity contribution is 14.1. The monoisotopic (exact) mass is 513 g/mol. The Kier molecular flexibility index (Phi) is 4.17. The van der Waals surface area contributed by atoms with E-state index in [4.69, 9.17) is 4.98 Å². The van der Waals surface area contributed by atoms with E-state index in [9.17, 15) is 0 Å². The van der Waals surface area contributed by atoms with E-state index in [-0.39, 0.29) is 0 Å². The lowest BCUT2D eigenvalue weighted by atomic mass is 10.2. The smallest absolute Gasteiger partial charge is 0.172 e. The first-order valence-electron chi connectivity index (χ1n) is 5.80. The minimum absolute atomic E-state index is 0.618. The highest BCUT2D eigenvalue weighted by Crippen LogP contribution is 2.44. The second-order valence-electron chi connectivity index (χ2n) is 4.35. The molecule has 2 heterocycles. The minimum atomic E-state index is 0.618. The number of thiophene rings is 1. The Hall–Kier alpha value is 0.270. The third-order valence-electron chi connectivity index (χ3n) is 2.94. The molecule has 0 spiro atoms. The van der Waals surface area contributed by atoms with Crippen molar-refractivity contribution in [2.75, 3.05) is 12.4 Å². The van der Waals surface area contributed by atoms with E-state index in [1.54, 1.807) is 11.3 Å². The Balaban J connectivity index is 2.12.